The Kier molecular flexibility index (Phi) is 5.05. The molecule has 146 valence electrons. The van der Waals surface area contributed by atoms with Gasteiger partial charge in [-0.2, -0.15) is 4.98 Å². The van der Waals surface area contributed by atoms with Gasteiger partial charge in [-0.3, -0.25) is 10.1 Å². The first kappa shape index (κ1) is 19.1. The maximum absolute atomic E-state index is 12.2. The van der Waals surface area contributed by atoms with Gasteiger partial charge in [-0.15, -0.1) is 5.10 Å². The predicted molar refractivity (Wildman–Crippen MR) is 98.7 cm³/mol. The molecule has 1 fully saturated rings. The molecule has 2 aromatic rings. The summed E-state index contributed by atoms with van der Waals surface area (Å²) in [5.74, 6) is -1.71. The second-order valence-electron chi connectivity index (χ2n) is 6.93. The van der Waals surface area contributed by atoms with Crippen LogP contribution in [0.1, 0.15) is 37.2 Å². The normalized spacial score (nSPS) is 18.7. The molecule has 10 nitrogen and oxygen atoms in total. The van der Waals surface area contributed by atoms with Gasteiger partial charge in [0, 0.05) is 12.5 Å². The van der Waals surface area contributed by atoms with Crippen LogP contribution in [0.15, 0.2) is 12.1 Å². The van der Waals surface area contributed by atoms with E-state index in [0.29, 0.717) is 12.1 Å². The number of carboxylic acid groups (broad SMARTS) is 1. The number of carboxylic acids is 1. The highest BCUT2D eigenvalue weighted by atomic mass is 32.2. The molecule has 1 unspecified atom stereocenters. The molecule has 1 saturated heterocycles. The van der Waals surface area contributed by atoms with Crippen molar-refractivity contribution in [3.8, 4) is 0 Å². The van der Waals surface area contributed by atoms with Crippen LogP contribution in [0.3, 0.4) is 0 Å². The molecule has 0 bridgehead atoms. The van der Waals surface area contributed by atoms with Crippen molar-refractivity contribution < 1.29 is 23.1 Å². The minimum Gasteiger partial charge on any atom is -0.476 e. The molecule has 1 amide bonds. The van der Waals surface area contributed by atoms with E-state index in [1.807, 2.05) is 13.8 Å². The summed E-state index contributed by atoms with van der Waals surface area (Å²) in [5.41, 5.74) is 0.584. The van der Waals surface area contributed by atoms with Gasteiger partial charge in [-0.05, 0) is 38.3 Å². The van der Waals surface area contributed by atoms with Gasteiger partial charge in [-0.25, -0.2) is 17.7 Å². The molecule has 3 rings (SSSR count). The molecule has 0 saturated carbocycles. The van der Waals surface area contributed by atoms with Crippen molar-refractivity contribution in [2.45, 2.75) is 32.7 Å². The number of nitrogens with zero attached hydrogens (tertiary/aromatic N) is 3. The zero-order chi connectivity index (χ0) is 19.8. The lowest BCUT2D eigenvalue weighted by atomic mass is 10.1. The van der Waals surface area contributed by atoms with Gasteiger partial charge in [0.05, 0.1) is 17.2 Å². The molecule has 0 aliphatic carbocycles. The SMILES string of the molecule is CC(C)Nc1ccc2nc(NC(=O)CC3CCS(=O)(=O)C3)nn2c1C(=O)O. The van der Waals surface area contributed by atoms with E-state index in [1.54, 1.807) is 12.1 Å². The Labute approximate surface area is 155 Å². The number of pyridine rings is 1. The summed E-state index contributed by atoms with van der Waals surface area (Å²) in [6.45, 7) is 3.76. The molecular weight excluding hydrogens is 374 g/mol. The lowest BCUT2D eigenvalue weighted by molar-refractivity contribution is -0.116. The van der Waals surface area contributed by atoms with Crippen molar-refractivity contribution in [3.05, 3.63) is 17.8 Å². The molecule has 1 aliphatic rings. The fourth-order valence-corrected chi connectivity index (χ4v) is 4.97. The predicted octanol–water partition coefficient (Wildman–Crippen LogP) is 1.01. The van der Waals surface area contributed by atoms with Crippen LogP contribution in [-0.2, 0) is 14.6 Å². The first-order chi connectivity index (χ1) is 12.6. The average molecular weight is 395 g/mol. The Hall–Kier alpha value is -2.69. The number of hydrogen-bond donors (Lipinski definition) is 3. The third-order valence-electron chi connectivity index (χ3n) is 4.20. The Morgan fingerprint density at radius 3 is 2.70 bits per heavy atom. The van der Waals surface area contributed by atoms with Crippen molar-refractivity contribution >= 4 is 39.0 Å². The Balaban J connectivity index is 1.81. The number of aromatic carboxylic acids is 1. The van der Waals surface area contributed by atoms with Crippen LogP contribution in [-0.4, -0.2) is 57.5 Å². The number of anilines is 2. The smallest absolute Gasteiger partial charge is 0.356 e. The third kappa shape index (κ3) is 4.35. The van der Waals surface area contributed by atoms with E-state index in [1.165, 1.54) is 0 Å². The van der Waals surface area contributed by atoms with Crippen molar-refractivity contribution in [3.63, 3.8) is 0 Å². The van der Waals surface area contributed by atoms with Crippen LogP contribution >= 0.6 is 0 Å². The monoisotopic (exact) mass is 395 g/mol. The largest absolute Gasteiger partial charge is 0.476 e. The van der Waals surface area contributed by atoms with Crippen LogP contribution in [0.5, 0.6) is 0 Å². The first-order valence-corrected chi connectivity index (χ1v) is 10.4. The second-order valence-corrected chi connectivity index (χ2v) is 9.16. The van der Waals surface area contributed by atoms with Crippen LogP contribution in [0.2, 0.25) is 0 Å². The van der Waals surface area contributed by atoms with E-state index < -0.39 is 21.7 Å². The Morgan fingerprint density at radius 2 is 2.11 bits per heavy atom. The number of aromatic nitrogens is 3. The molecule has 3 N–H and O–H groups in total. The molecule has 0 radical (unpaired) electrons. The van der Waals surface area contributed by atoms with E-state index in [9.17, 15) is 23.1 Å². The molecule has 27 heavy (non-hydrogen) atoms. The minimum atomic E-state index is -3.05. The molecular formula is C16H21N5O5S. The number of sulfone groups is 1. The van der Waals surface area contributed by atoms with E-state index in [2.05, 4.69) is 20.7 Å². The van der Waals surface area contributed by atoms with Gasteiger partial charge < -0.3 is 10.4 Å². The van der Waals surface area contributed by atoms with Gasteiger partial charge in [0.15, 0.2) is 21.2 Å². The van der Waals surface area contributed by atoms with Crippen molar-refractivity contribution in [1.29, 1.82) is 0 Å². The molecule has 1 aliphatic heterocycles. The van der Waals surface area contributed by atoms with Gasteiger partial charge in [0.2, 0.25) is 11.9 Å². The summed E-state index contributed by atoms with van der Waals surface area (Å²) in [5, 5.41) is 19.2. The van der Waals surface area contributed by atoms with Gasteiger partial charge >= 0.3 is 5.97 Å². The number of rotatable bonds is 6. The van der Waals surface area contributed by atoms with E-state index in [0.717, 1.165) is 4.52 Å². The summed E-state index contributed by atoms with van der Waals surface area (Å²) < 4.78 is 24.1. The number of fused-ring (bicyclic) bond motifs is 1. The fraction of sp³-hybridized carbons (Fsp3) is 0.500. The zero-order valence-electron chi connectivity index (χ0n) is 15.0. The summed E-state index contributed by atoms with van der Waals surface area (Å²) in [6.07, 6.45) is 0.516. The summed E-state index contributed by atoms with van der Waals surface area (Å²) in [4.78, 5) is 28.0. The lowest BCUT2D eigenvalue weighted by Gasteiger charge is -2.12. The maximum Gasteiger partial charge on any atom is 0.356 e. The fourth-order valence-electron chi connectivity index (χ4n) is 3.10. The molecule has 0 aromatic carbocycles. The highest BCUT2D eigenvalue weighted by Crippen LogP contribution is 2.23. The summed E-state index contributed by atoms with van der Waals surface area (Å²) >= 11 is 0. The van der Waals surface area contributed by atoms with E-state index in [-0.39, 0.29) is 47.2 Å². The lowest BCUT2D eigenvalue weighted by Crippen LogP contribution is -2.18. The highest BCUT2D eigenvalue weighted by Gasteiger charge is 2.29. The molecule has 11 heteroatoms. The summed E-state index contributed by atoms with van der Waals surface area (Å²) in [7, 11) is -3.05. The zero-order valence-corrected chi connectivity index (χ0v) is 15.8. The molecule has 2 aromatic heterocycles. The Bertz CT molecular complexity index is 998. The third-order valence-corrected chi connectivity index (χ3v) is 6.03. The number of hydrogen-bond acceptors (Lipinski definition) is 7. The summed E-state index contributed by atoms with van der Waals surface area (Å²) in [6, 6.07) is 3.22. The standard InChI is InChI=1S/C16H21N5O5S/c1-9(2)17-11-3-4-12-18-16(20-21(12)14(11)15(23)24)19-13(22)7-10-5-6-27(25,26)8-10/h3-4,9-10,17H,5-8H2,1-2H3,(H,23,24)(H,19,20,22). The van der Waals surface area contributed by atoms with Crippen molar-refractivity contribution in [2.24, 2.45) is 5.92 Å². The van der Waals surface area contributed by atoms with Crippen LogP contribution in [0, 0.1) is 5.92 Å². The van der Waals surface area contributed by atoms with Crippen molar-refractivity contribution in [2.75, 3.05) is 22.1 Å². The molecule has 1 atom stereocenters. The van der Waals surface area contributed by atoms with E-state index in [4.69, 9.17) is 0 Å². The molecule has 3 heterocycles. The topological polar surface area (TPSA) is 143 Å². The van der Waals surface area contributed by atoms with Gasteiger partial charge in [-0.1, -0.05) is 0 Å². The molecule has 0 spiro atoms. The first-order valence-electron chi connectivity index (χ1n) is 8.54. The average Bonchev–Trinajstić information content (AvgIpc) is 3.08. The highest BCUT2D eigenvalue weighted by molar-refractivity contribution is 7.91. The number of carbonyl (C=O) groups is 2. The van der Waals surface area contributed by atoms with Crippen molar-refractivity contribution in [1.82, 2.24) is 14.6 Å². The van der Waals surface area contributed by atoms with Crippen LogP contribution < -0.4 is 10.6 Å². The number of nitrogens with one attached hydrogen (secondary N) is 2. The quantitative estimate of drug-likeness (QED) is 0.658. The number of carbonyl (C=O) groups excluding carboxylic acids is 1. The van der Waals surface area contributed by atoms with E-state index >= 15 is 0 Å². The Morgan fingerprint density at radius 1 is 1.37 bits per heavy atom. The van der Waals surface area contributed by atoms with Gasteiger partial charge in [0.25, 0.3) is 0 Å². The van der Waals surface area contributed by atoms with Crippen LogP contribution in [0.25, 0.3) is 5.65 Å². The second kappa shape index (κ2) is 7.14. The number of amides is 1. The van der Waals surface area contributed by atoms with Gasteiger partial charge in [0.1, 0.15) is 0 Å². The minimum absolute atomic E-state index is 0.00636. The maximum atomic E-state index is 12.2. The van der Waals surface area contributed by atoms with Crippen LogP contribution in [0.4, 0.5) is 11.6 Å².